The van der Waals surface area contributed by atoms with Gasteiger partial charge in [0, 0.05) is 69.4 Å². The van der Waals surface area contributed by atoms with Crippen LogP contribution in [0.2, 0.25) is 0 Å². The van der Waals surface area contributed by atoms with E-state index in [1.807, 2.05) is 41.2 Å². The molecule has 3 rings (SSSR count). The van der Waals surface area contributed by atoms with Crippen LogP contribution in [-0.4, -0.2) is 45.2 Å². The van der Waals surface area contributed by atoms with E-state index in [2.05, 4.69) is 15.4 Å². The Labute approximate surface area is 155 Å². The highest BCUT2D eigenvalue weighted by Crippen LogP contribution is 2.20. The number of aryl methyl sites for hydroxylation is 1. The lowest BCUT2D eigenvalue weighted by atomic mass is 10.1. The monoisotopic (exact) mass is 363 g/mol. The molecule has 1 aliphatic heterocycles. The first-order valence-corrected chi connectivity index (χ1v) is 8.65. The van der Waals surface area contributed by atoms with E-state index < -0.39 is 0 Å². The van der Waals surface area contributed by atoms with Gasteiger partial charge in [-0.1, -0.05) is 6.42 Å². The van der Waals surface area contributed by atoms with Crippen LogP contribution in [0.5, 0.6) is 0 Å². The van der Waals surface area contributed by atoms with E-state index in [1.165, 1.54) is 6.42 Å². The van der Waals surface area contributed by atoms with Crippen LogP contribution in [0, 0.1) is 0 Å². The van der Waals surface area contributed by atoms with E-state index >= 15 is 0 Å². The van der Waals surface area contributed by atoms with Gasteiger partial charge in [0.1, 0.15) is 0 Å². The fraction of sp³-hybridized carbons (Fsp3) is 0.500. The van der Waals surface area contributed by atoms with E-state index in [0.717, 1.165) is 55.8 Å². The van der Waals surface area contributed by atoms with Gasteiger partial charge in [0.15, 0.2) is 0 Å². The molecule has 1 fully saturated rings. The standard InChI is InChI=1S/C18H25N5O.ClH/c1-22-14-16(18(21-22)15-6-5-8-19-12-15)13-20-9-11-23-10-4-2-3-7-17(23)24;/h5-6,8,12,14,20H,2-4,7,9-11,13H2,1H3;1H. The maximum absolute atomic E-state index is 12.0. The van der Waals surface area contributed by atoms with E-state index in [9.17, 15) is 4.79 Å². The Morgan fingerprint density at radius 3 is 2.96 bits per heavy atom. The van der Waals surface area contributed by atoms with Crippen molar-refractivity contribution in [2.24, 2.45) is 7.05 Å². The molecule has 0 aromatic carbocycles. The van der Waals surface area contributed by atoms with Crippen molar-refractivity contribution in [2.45, 2.75) is 32.2 Å². The van der Waals surface area contributed by atoms with Crippen molar-refractivity contribution < 1.29 is 4.79 Å². The molecule has 2 aromatic rings. The first-order chi connectivity index (χ1) is 11.7. The molecular formula is C18H26ClN5O. The van der Waals surface area contributed by atoms with Gasteiger partial charge in [-0.3, -0.25) is 14.5 Å². The van der Waals surface area contributed by atoms with Crippen LogP contribution in [-0.2, 0) is 18.4 Å². The van der Waals surface area contributed by atoms with E-state index in [1.54, 1.807) is 6.20 Å². The quantitative estimate of drug-likeness (QED) is 0.800. The number of nitrogens with zero attached hydrogens (tertiary/aromatic N) is 4. The van der Waals surface area contributed by atoms with Crippen molar-refractivity contribution in [3.8, 4) is 11.3 Å². The molecule has 2 aromatic heterocycles. The van der Waals surface area contributed by atoms with Gasteiger partial charge >= 0.3 is 0 Å². The molecule has 6 nitrogen and oxygen atoms in total. The highest BCUT2D eigenvalue weighted by molar-refractivity contribution is 5.85. The van der Waals surface area contributed by atoms with E-state index in [4.69, 9.17) is 0 Å². The first-order valence-electron chi connectivity index (χ1n) is 8.65. The SMILES string of the molecule is Cl.Cn1cc(CNCCN2CCCCCC2=O)c(-c2cccnc2)n1. The maximum atomic E-state index is 12.0. The van der Waals surface area contributed by atoms with Crippen LogP contribution in [0.15, 0.2) is 30.7 Å². The highest BCUT2D eigenvalue weighted by Gasteiger charge is 2.16. The third kappa shape index (κ3) is 5.28. The number of hydrogen-bond acceptors (Lipinski definition) is 4. The molecule has 0 radical (unpaired) electrons. The Hall–Kier alpha value is -1.92. The third-order valence-electron chi connectivity index (χ3n) is 4.38. The number of pyridine rings is 1. The number of aromatic nitrogens is 3. The summed E-state index contributed by atoms with van der Waals surface area (Å²) in [5.74, 6) is 0.298. The zero-order chi connectivity index (χ0) is 16.8. The summed E-state index contributed by atoms with van der Waals surface area (Å²) < 4.78 is 1.83. The number of hydrogen-bond donors (Lipinski definition) is 1. The molecule has 0 atom stereocenters. The molecule has 0 spiro atoms. The lowest BCUT2D eigenvalue weighted by Gasteiger charge is -2.20. The fourth-order valence-electron chi connectivity index (χ4n) is 3.12. The van der Waals surface area contributed by atoms with Gasteiger partial charge in [-0.05, 0) is 25.0 Å². The summed E-state index contributed by atoms with van der Waals surface area (Å²) in [7, 11) is 1.93. The molecule has 1 N–H and O–H groups in total. The molecule has 25 heavy (non-hydrogen) atoms. The summed E-state index contributed by atoms with van der Waals surface area (Å²) >= 11 is 0. The highest BCUT2D eigenvalue weighted by atomic mass is 35.5. The molecule has 3 heterocycles. The van der Waals surface area contributed by atoms with Crippen molar-refractivity contribution in [1.82, 2.24) is 25.0 Å². The Balaban J connectivity index is 0.00000225. The van der Waals surface area contributed by atoms with Gasteiger partial charge in [-0.2, -0.15) is 5.10 Å². The average molecular weight is 364 g/mol. The second kappa shape index (κ2) is 9.53. The summed E-state index contributed by atoms with van der Waals surface area (Å²) in [6.45, 7) is 3.21. The summed E-state index contributed by atoms with van der Waals surface area (Å²) in [4.78, 5) is 18.2. The molecule has 1 amide bonds. The van der Waals surface area contributed by atoms with Crippen LogP contribution in [0.3, 0.4) is 0 Å². The normalized spacial score (nSPS) is 14.9. The van der Waals surface area contributed by atoms with Crippen LogP contribution in [0.1, 0.15) is 31.2 Å². The Bertz CT molecular complexity index is 673. The van der Waals surface area contributed by atoms with Crippen molar-refractivity contribution in [3.05, 3.63) is 36.3 Å². The molecule has 7 heteroatoms. The second-order valence-electron chi connectivity index (χ2n) is 6.29. The number of nitrogens with one attached hydrogen (secondary N) is 1. The minimum absolute atomic E-state index is 0. The minimum Gasteiger partial charge on any atom is -0.341 e. The number of amides is 1. The number of likely N-dealkylation sites (tertiary alicyclic amines) is 1. The molecule has 0 unspecified atom stereocenters. The fourth-order valence-corrected chi connectivity index (χ4v) is 3.12. The van der Waals surface area contributed by atoms with Gasteiger partial charge in [-0.15, -0.1) is 12.4 Å². The minimum atomic E-state index is 0. The second-order valence-corrected chi connectivity index (χ2v) is 6.29. The molecule has 0 bridgehead atoms. The summed E-state index contributed by atoms with van der Waals surface area (Å²) in [5, 5.41) is 7.99. The molecule has 1 aliphatic rings. The topological polar surface area (TPSA) is 63.1 Å². The summed E-state index contributed by atoms with van der Waals surface area (Å²) in [5.41, 5.74) is 3.13. The smallest absolute Gasteiger partial charge is 0.222 e. The maximum Gasteiger partial charge on any atom is 0.222 e. The van der Waals surface area contributed by atoms with E-state index in [0.29, 0.717) is 12.3 Å². The molecular weight excluding hydrogens is 338 g/mol. The zero-order valence-corrected chi connectivity index (χ0v) is 15.5. The van der Waals surface area contributed by atoms with Crippen LogP contribution in [0.4, 0.5) is 0 Å². The van der Waals surface area contributed by atoms with Gasteiger partial charge in [0.25, 0.3) is 0 Å². The van der Waals surface area contributed by atoms with Crippen molar-refractivity contribution in [1.29, 1.82) is 0 Å². The predicted molar refractivity (Wildman–Crippen MR) is 100 cm³/mol. The largest absolute Gasteiger partial charge is 0.341 e. The predicted octanol–water partition coefficient (Wildman–Crippen LogP) is 2.40. The van der Waals surface area contributed by atoms with Crippen molar-refractivity contribution >= 4 is 18.3 Å². The Morgan fingerprint density at radius 2 is 2.16 bits per heavy atom. The number of carbonyl (C=O) groups excluding carboxylic acids is 1. The number of rotatable bonds is 6. The van der Waals surface area contributed by atoms with Crippen LogP contribution < -0.4 is 5.32 Å². The Morgan fingerprint density at radius 1 is 1.28 bits per heavy atom. The van der Waals surface area contributed by atoms with Crippen LogP contribution in [0.25, 0.3) is 11.3 Å². The molecule has 0 saturated carbocycles. The van der Waals surface area contributed by atoms with Gasteiger partial charge in [0.05, 0.1) is 5.69 Å². The summed E-state index contributed by atoms with van der Waals surface area (Å²) in [6, 6.07) is 3.95. The first kappa shape index (κ1) is 19.4. The lowest BCUT2D eigenvalue weighted by Crippen LogP contribution is -2.36. The zero-order valence-electron chi connectivity index (χ0n) is 14.6. The summed E-state index contributed by atoms with van der Waals surface area (Å²) in [6.07, 6.45) is 9.66. The van der Waals surface area contributed by atoms with Crippen LogP contribution >= 0.6 is 12.4 Å². The van der Waals surface area contributed by atoms with Gasteiger partial charge < -0.3 is 10.2 Å². The molecule has 136 valence electrons. The van der Waals surface area contributed by atoms with E-state index in [-0.39, 0.29) is 12.4 Å². The molecule has 1 saturated heterocycles. The van der Waals surface area contributed by atoms with Crippen molar-refractivity contribution in [3.63, 3.8) is 0 Å². The number of halogens is 1. The third-order valence-corrected chi connectivity index (χ3v) is 4.38. The average Bonchev–Trinajstić information content (AvgIpc) is 2.85. The molecule has 0 aliphatic carbocycles. The van der Waals surface area contributed by atoms with Crippen molar-refractivity contribution in [2.75, 3.05) is 19.6 Å². The number of carbonyl (C=O) groups is 1. The lowest BCUT2D eigenvalue weighted by molar-refractivity contribution is -0.130. The van der Waals surface area contributed by atoms with Gasteiger partial charge in [-0.25, -0.2) is 0 Å². The van der Waals surface area contributed by atoms with Gasteiger partial charge in [0.2, 0.25) is 5.91 Å². The Kier molecular flexibility index (Phi) is 7.40.